The summed E-state index contributed by atoms with van der Waals surface area (Å²) in [5.41, 5.74) is 2.00. The summed E-state index contributed by atoms with van der Waals surface area (Å²) >= 11 is 3.56. The van der Waals surface area contributed by atoms with Gasteiger partial charge in [0.2, 0.25) is 0 Å². The highest BCUT2D eigenvalue weighted by molar-refractivity contribution is 9.10. The molecule has 4 heteroatoms. The van der Waals surface area contributed by atoms with Gasteiger partial charge in [0.05, 0.1) is 11.1 Å². The first-order valence-corrected chi connectivity index (χ1v) is 8.10. The van der Waals surface area contributed by atoms with Gasteiger partial charge in [0.25, 0.3) is 0 Å². The minimum Gasteiger partial charge on any atom is -0.488 e. The zero-order valence-corrected chi connectivity index (χ0v) is 14.6. The van der Waals surface area contributed by atoms with E-state index in [-0.39, 0.29) is 12.1 Å². The van der Waals surface area contributed by atoms with Crippen LogP contribution in [0.4, 0.5) is 0 Å². The third-order valence-electron chi connectivity index (χ3n) is 3.40. The number of halogens is 1. The smallest absolute Gasteiger partial charge is 0.134 e. The second kappa shape index (κ2) is 7.77. The van der Waals surface area contributed by atoms with Crippen molar-refractivity contribution in [3.8, 4) is 5.75 Å². The Balaban J connectivity index is 1.95. The summed E-state index contributed by atoms with van der Waals surface area (Å²) in [7, 11) is 0. The Kier molecular flexibility index (Phi) is 6.00. The molecule has 2 aromatic carbocycles. The minimum absolute atomic E-state index is 0.104. The van der Waals surface area contributed by atoms with E-state index in [0.717, 1.165) is 21.3 Å². The van der Waals surface area contributed by atoms with Crippen LogP contribution < -0.4 is 10.1 Å². The lowest BCUT2D eigenvalue weighted by atomic mass is 10.1. The molecule has 2 aromatic rings. The summed E-state index contributed by atoms with van der Waals surface area (Å²) in [5, 5.41) is 12.6. The molecule has 0 radical (unpaired) electrons. The zero-order chi connectivity index (χ0) is 16.0. The maximum atomic E-state index is 9.26. The quantitative estimate of drug-likeness (QED) is 0.783. The Morgan fingerprint density at radius 1 is 1.09 bits per heavy atom. The van der Waals surface area contributed by atoms with Gasteiger partial charge in [-0.3, -0.25) is 0 Å². The average molecular weight is 364 g/mol. The number of hydrogen-bond acceptors (Lipinski definition) is 3. The summed E-state index contributed by atoms with van der Waals surface area (Å²) in [5.74, 6) is 0.828. The van der Waals surface area contributed by atoms with Crippen LogP contribution in [0.25, 0.3) is 0 Å². The van der Waals surface area contributed by atoms with Crippen LogP contribution in [0.2, 0.25) is 0 Å². The van der Waals surface area contributed by atoms with Crippen LogP contribution in [0, 0.1) is 0 Å². The molecule has 0 amide bonds. The summed E-state index contributed by atoms with van der Waals surface area (Å²) in [6, 6.07) is 16.1. The SMILES string of the molecule is CC(C)(CO)NCc1ccc(OCc2ccccc2)c(Br)c1. The van der Waals surface area contributed by atoms with Gasteiger partial charge in [-0.05, 0) is 53.0 Å². The van der Waals surface area contributed by atoms with Gasteiger partial charge in [-0.15, -0.1) is 0 Å². The summed E-state index contributed by atoms with van der Waals surface area (Å²) < 4.78 is 6.77. The van der Waals surface area contributed by atoms with Crippen molar-refractivity contribution in [1.29, 1.82) is 0 Å². The molecule has 0 saturated carbocycles. The van der Waals surface area contributed by atoms with Crippen LogP contribution in [0.15, 0.2) is 53.0 Å². The highest BCUT2D eigenvalue weighted by Crippen LogP contribution is 2.27. The van der Waals surface area contributed by atoms with Crippen molar-refractivity contribution in [1.82, 2.24) is 5.32 Å². The van der Waals surface area contributed by atoms with E-state index in [0.29, 0.717) is 13.2 Å². The summed E-state index contributed by atoms with van der Waals surface area (Å²) in [6.07, 6.45) is 0. The van der Waals surface area contributed by atoms with E-state index in [9.17, 15) is 5.11 Å². The molecule has 0 aliphatic heterocycles. The first-order valence-electron chi connectivity index (χ1n) is 7.31. The van der Waals surface area contributed by atoms with Gasteiger partial charge in [-0.2, -0.15) is 0 Å². The van der Waals surface area contributed by atoms with Gasteiger partial charge >= 0.3 is 0 Å². The van der Waals surface area contributed by atoms with Crippen molar-refractivity contribution in [3.05, 3.63) is 64.1 Å². The first kappa shape index (κ1) is 17.0. The van der Waals surface area contributed by atoms with Gasteiger partial charge in [-0.25, -0.2) is 0 Å². The van der Waals surface area contributed by atoms with Crippen molar-refractivity contribution in [3.63, 3.8) is 0 Å². The van der Waals surface area contributed by atoms with E-state index in [1.54, 1.807) is 0 Å². The molecule has 2 rings (SSSR count). The van der Waals surface area contributed by atoms with Crippen molar-refractivity contribution in [2.24, 2.45) is 0 Å². The van der Waals surface area contributed by atoms with E-state index in [4.69, 9.17) is 4.74 Å². The van der Waals surface area contributed by atoms with Crippen LogP contribution in [0.1, 0.15) is 25.0 Å². The van der Waals surface area contributed by atoms with E-state index < -0.39 is 0 Å². The number of benzene rings is 2. The monoisotopic (exact) mass is 363 g/mol. The van der Waals surface area contributed by atoms with E-state index >= 15 is 0 Å². The average Bonchev–Trinajstić information content (AvgIpc) is 2.53. The van der Waals surface area contributed by atoms with Crippen molar-refractivity contribution >= 4 is 15.9 Å². The molecule has 0 fully saturated rings. The molecule has 22 heavy (non-hydrogen) atoms. The summed E-state index contributed by atoms with van der Waals surface area (Å²) in [4.78, 5) is 0. The topological polar surface area (TPSA) is 41.5 Å². The van der Waals surface area contributed by atoms with Crippen LogP contribution in [-0.4, -0.2) is 17.3 Å². The number of nitrogens with one attached hydrogen (secondary N) is 1. The van der Waals surface area contributed by atoms with Gasteiger partial charge in [0.15, 0.2) is 0 Å². The molecular formula is C18H22BrNO2. The molecule has 0 bridgehead atoms. The lowest BCUT2D eigenvalue weighted by Crippen LogP contribution is -2.42. The standard InChI is InChI=1S/C18H22BrNO2/c1-18(2,13-21)20-11-15-8-9-17(16(19)10-15)22-12-14-6-4-3-5-7-14/h3-10,20-21H,11-13H2,1-2H3. The number of ether oxygens (including phenoxy) is 1. The molecule has 0 aromatic heterocycles. The fourth-order valence-corrected chi connectivity index (χ4v) is 2.44. The minimum atomic E-state index is -0.283. The molecule has 118 valence electrons. The first-order chi connectivity index (χ1) is 10.5. The third-order valence-corrected chi connectivity index (χ3v) is 4.02. The third kappa shape index (κ3) is 5.13. The van der Waals surface area contributed by atoms with Gasteiger partial charge in [-0.1, -0.05) is 36.4 Å². The lowest BCUT2D eigenvalue weighted by molar-refractivity contribution is 0.187. The highest BCUT2D eigenvalue weighted by Gasteiger charge is 2.15. The molecule has 0 aliphatic carbocycles. The molecule has 2 N–H and O–H groups in total. The van der Waals surface area contributed by atoms with Crippen molar-refractivity contribution in [2.75, 3.05) is 6.61 Å². The van der Waals surface area contributed by atoms with Crippen molar-refractivity contribution < 1.29 is 9.84 Å². The fraction of sp³-hybridized carbons (Fsp3) is 0.333. The number of rotatable bonds is 7. The number of aliphatic hydroxyl groups excluding tert-OH is 1. The molecule has 0 heterocycles. The lowest BCUT2D eigenvalue weighted by Gasteiger charge is -2.23. The number of aliphatic hydroxyl groups is 1. The predicted molar refractivity (Wildman–Crippen MR) is 92.9 cm³/mol. The predicted octanol–water partition coefficient (Wildman–Crippen LogP) is 3.89. The Hall–Kier alpha value is -1.36. The fourth-order valence-electron chi connectivity index (χ4n) is 1.90. The van der Waals surface area contributed by atoms with Crippen molar-refractivity contribution in [2.45, 2.75) is 32.5 Å². The van der Waals surface area contributed by atoms with Gasteiger partial charge in [0.1, 0.15) is 12.4 Å². The molecule has 0 aliphatic rings. The largest absolute Gasteiger partial charge is 0.488 e. The molecule has 0 atom stereocenters. The molecule has 3 nitrogen and oxygen atoms in total. The van der Waals surface area contributed by atoms with Crippen LogP contribution >= 0.6 is 15.9 Å². The van der Waals surface area contributed by atoms with Crippen LogP contribution in [0.5, 0.6) is 5.75 Å². The Bertz CT molecular complexity index is 599. The summed E-state index contributed by atoms with van der Waals surface area (Å²) in [6.45, 7) is 5.30. The van der Waals surface area contributed by atoms with Crippen LogP contribution in [0.3, 0.4) is 0 Å². The van der Waals surface area contributed by atoms with Gasteiger partial charge in [0, 0.05) is 12.1 Å². The normalized spacial score (nSPS) is 11.5. The van der Waals surface area contributed by atoms with Gasteiger partial charge < -0.3 is 15.2 Å². The van der Waals surface area contributed by atoms with Crippen LogP contribution in [-0.2, 0) is 13.2 Å². The Morgan fingerprint density at radius 2 is 1.82 bits per heavy atom. The molecule has 0 spiro atoms. The second-order valence-electron chi connectivity index (χ2n) is 5.93. The second-order valence-corrected chi connectivity index (χ2v) is 6.79. The van der Waals surface area contributed by atoms with E-state index in [1.807, 2.05) is 62.4 Å². The highest BCUT2D eigenvalue weighted by atomic mass is 79.9. The molecule has 0 saturated heterocycles. The van der Waals surface area contributed by atoms with E-state index in [1.165, 1.54) is 0 Å². The maximum Gasteiger partial charge on any atom is 0.134 e. The Morgan fingerprint density at radius 3 is 2.45 bits per heavy atom. The maximum absolute atomic E-state index is 9.26. The number of hydrogen-bond donors (Lipinski definition) is 2. The molecular weight excluding hydrogens is 342 g/mol. The Labute approximate surface area is 140 Å². The zero-order valence-electron chi connectivity index (χ0n) is 13.0. The molecule has 0 unspecified atom stereocenters. The van der Waals surface area contributed by atoms with E-state index in [2.05, 4.69) is 21.2 Å².